The lowest BCUT2D eigenvalue weighted by atomic mass is 10.2. The first kappa shape index (κ1) is 14.4. The van der Waals surface area contributed by atoms with Gasteiger partial charge in [-0.1, -0.05) is 17.7 Å². The molecule has 0 aliphatic rings. The molecule has 0 radical (unpaired) electrons. The Kier molecular flexibility index (Phi) is 6.86. The lowest BCUT2D eigenvalue weighted by Crippen LogP contribution is -2.10. The van der Waals surface area contributed by atoms with Crippen molar-refractivity contribution >= 4 is 23.5 Å². The van der Waals surface area contributed by atoms with Crippen LogP contribution in [0.15, 0.2) is 24.3 Å². The van der Waals surface area contributed by atoms with Gasteiger partial charge in [0.25, 0.3) is 0 Å². The van der Waals surface area contributed by atoms with Crippen LogP contribution in [0.2, 0.25) is 5.02 Å². The second-order valence-electron chi connectivity index (χ2n) is 2.49. The number of carbonyl (C=O) groups excluding carboxylic acids is 1. The van der Waals surface area contributed by atoms with Gasteiger partial charge in [-0.25, -0.2) is 4.79 Å². The summed E-state index contributed by atoms with van der Waals surface area (Å²) in [5.41, 5.74) is 4.79. The van der Waals surface area contributed by atoms with E-state index in [2.05, 4.69) is 10.6 Å². The number of rotatable bonds is 2. The number of hydrogen-bond donors (Lipinski definition) is 3. The minimum atomic E-state index is -0.968. The fraction of sp³-hybridized carbons (Fsp3) is 0.111. The normalized spacial score (nSPS) is 8.69. The second kappa shape index (κ2) is 7.63. The number of benzene rings is 1. The summed E-state index contributed by atoms with van der Waals surface area (Å²) in [6.45, 7) is -0.278. The number of carboxylic acid groups (broad SMARTS) is 1. The highest BCUT2D eigenvalue weighted by Crippen LogP contribution is 2.10. The van der Waals surface area contributed by atoms with E-state index >= 15 is 0 Å². The zero-order chi connectivity index (χ0) is 12.6. The van der Waals surface area contributed by atoms with Gasteiger partial charge >= 0.3 is 11.9 Å². The minimum absolute atomic E-state index is 0.222. The molecule has 0 aromatic heterocycles. The van der Waals surface area contributed by atoms with Crippen molar-refractivity contribution in [3.05, 3.63) is 34.9 Å². The highest BCUT2D eigenvalue weighted by atomic mass is 35.5. The Morgan fingerprint density at radius 2 is 2.00 bits per heavy atom. The Balaban J connectivity index is 0.000000385. The van der Waals surface area contributed by atoms with Crippen molar-refractivity contribution in [2.24, 2.45) is 5.73 Å². The standard InChI is InChI=1S/C7H5ClO3.C2H5NO2/c8-6-3-1-2-5(4-6)7(9)11-10;3-1-2(4)5/h1-4,10H;1,3H2,(H,4,5). The monoisotopic (exact) mass is 247 g/mol. The van der Waals surface area contributed by atoms with Crippen LogP contribution in [0.3, 0.4) is 0 Å². The molecule has 1 aromatic carbocycles. The van der Waals surface area contributed by atoms with Gasteiger partial charge in [0.05, 0.1) is 12.1 Å². The zero-order valence-corrected chi connectivity index (χ0v) is 8.85. The predicted octanol–water partition coefficient (Wildman–Crippen LogP) is 1.000. The van der Waals surface area contributed by atoms with Gasteiger partial charge in [0, 0.05) is 5.02 Å². The van der Waals surface area contributed by atoms with Gasteiger partial charge in [-0.2, -0.15) is 5.26 Å². The largest absolute Gasteiger partial charge is 0.480 e. The van der Waals surface area contributed by atoms with E-state index in [1.165, 1.54) is 12.1 Å². The van der Waals surface area contributed by atoms with E-state index in [1.54, 1.807) is 12.1 Å². The van der Waals surface area contributed by atoms with Crippen molar-refractivity contribution in [3.8, 4) is 0 Å². The molecule has 7 heteroatoms. The fourth-order valence-electron chi connectivity index (χ4n) is 0.668. The molecule has 6 nitrogen and oxygen atoms in total. The molecule has 16 heavy (non-hydrogen) atoms. The van der Waals surface area contributed by atoms with Gasteiger partial charge < -0.3 is 10.8 Å². The van der Waals surface area contributed by atoms with E-state index in [9.17, 15) is 9.59 Å². The summed E-state index contributed by atoms with van der Waals surface area (Å²) < 4.78 is 0. The molecule has 0 bridgehead atoms. The molecule has 0 aliphatic carbocycles. The third-order valence-electron chi connectivity index (χ3n) is 1.32. The molecule has 1 rings (SSSR count). The maximum Gasteiger partial charge on any atom is 0.372 e. The van der Waals surface area contributed by atoms with E-state index in [1.807, 2.05) is 0 Å². The molecule has 4 N–H and O–H groups in total. The van der Waals surface area contributed by atoms with Crippen LogP contribution in [-0.2, 0) is 9.68 Å². The highest BCUT2D eigenvalue weighted by Gasteiger charge is 2.05. The first-order valence-electron chi connectivity index (χ1n) is 4.04. The summed E-state index contributed by atoms with van der Waals surface area (Å²) in [7, 11) is 0. The average molecular weight is 248 g/mol. The molecule has 0 saturated carbocycles. The minimum Gasteiger partial charge on any atom is -0.480 e. The maximum absolute atomic E-state index is 10.6. The highest BCUT2D eigenvalue weighted by molar-refractivity contribution is 6.30. The van der Waals surface area contributed by atoms with E-state index in [0.717, 1.165) is 0 Å². The summed E-state index contributed by atoms with van der Waals surface area (Å²) in [6.07, 6.45) is 0. The number of aliphatic carboxylic acids is 1. The summed E-state index contributed by atoms with van der Waals surface area (Å²) in [6, 6.07) is 6.11. The summed E-state index contributed by atoms with van der Waals surface area (Å²) >= 11 is 5.56. The van der Waals surface area contributed by atoms with Crippen molar-refractivity contribution in [3.63, 3.8) is 0 Å². The topological polar surface area (TPSA) is 110 Å². The van der Waals surface area contributed by atoms with Crippen molar-refractivity contribution in [1.29, 1.82) is 0 Å². The molecule has 0 heterocycles. The third kappa shape index (κ3) is 5.97. The van der Waals surface area contributed by atoms with Crippen LogP contribution in [0.4, 0.5) is 0 Å². The van der Waals surface area contributed by atoms with Gasteiger partial charge in [0.15, 0.2) is 0 Å². The summed E-state index contributed by atoms with van der Waals surface area (Å²) in [5, 5.41) is 16.0. The first-order chi connectivity index (χ1) is 7.51. The Labute approximate surface area is 96.1 Å². The van der Waals surface area contributed by atoms with Crippen LogP contribution in [-0.4, -0.2) is 28.8 Å². The molecule has 1 aromatic rings. The number of carboxylic acids is 1. The van der Waals surface area contributed by atoms with E-state index < -0.39 is 11.9 Å². The number of nitrogens with two attached hydrogens (primary N) is 1. The van der Waals surface area contributed by atoms with E-state index in [4.69, 9.17) is 22.0 Å². The first-order valence-corrected chi connectivity index (χ1v) is 4.42. The maximum atomic E-state index is 10.6. The Morgan fingerprint density at radius 3 is 2.38 bits per heavy atom. The molecule has 0 spiro atoms. The Bertz CT molecular complexity index is 369. The molecule has 0 saturated heterocycles. The number of carbonyl (C=O) groups is 2. The van der Waals surface area contributed by atoms with Crippen LogP contribution in [0.25, 0.3) is 0 Å². The van der Waals surface area contributed by atoms with Crippen molar-refractivity contribution in [2.45, 2.75) is 0 Å². The SMILES string of the molecule is NCC(=O)O.O=C(OO)c1cccc(Cl)c1. The van der Waals surface area contributed by atoms with Gasteiger partial charge in [-0.15, -0.1) is 0 Å². The van der Waals surface area contributed by atoms with Crippen LogP contribution >= 0.6 is 11.6 Å². The van der Waals surface area contributed by atoms with Crippen LogP contribution in [0.1, 0.15) is 10.4 Å². The van der Waals surface area contributed by atoms with Gasteiger partial charge in [-0.05, 0) is 18.2 Å². The molecule has 0 unspecified atom stereocenters. The van der Waals surface area contributed by atoms with Crippen molar-refractivity contribution in [2.75, 3.05) is 6.54 Å². The molecule has 0 amide bonds. The van der Waals surface area contributed by atoms with E-state index in [-0.39, 0.29) is 12.1 Å². The molecule has 0 atom stereocenters. The van der Waals surface area contributed by atoms with Crippen LogP contribution in [0, 0.1) is 0 Å². The molecular formula is C9H10ClNO5. The predicted molar refractivity (Wildman–Crippen MR) is 56.2 cm³/mol. The van der Waals surface area contributed by atoms with Crippen molar-refractivity contribution < 1.29 is 24.8 Å². The molecule has 0 fully saturated rings. The average Bonchev–Trinajstić information content (AvgIpc) is 2.28. The van der Waals surface area contributed by atoms with Crippen molar-refractivity contribution in [1.82, 2.24) is 0 Å². The lowest BCUT2D eigenvalue weighted by Gasteiger charge is -1.95. The quantitative estimate of drug-likeness (QED) is 0.531. The Hall–Kier alpha value is -1.63. The van der Waals surface area contributed by atoms with Crippen LogP contribution in [0.5, 0.6) is 0 Å². The molecule has 0 aliphatic heterocycles. The second-order valence-corrected chi connectivity index (χ2v) is 2.92. The summed E-state index contributed by atoms with van der Waals surface area (Å²) in [5.74, 6) is -1.78. The van der Waals surface area contributed by atoms with E-state index in [0.29, 0.717) is 5.02 Å². The van der Waals surface area contributed by atoms with Gasteiger partial charge in [0.2, 0.25) is 0 Å². The molecular weight excluding hydrogens is 238 g/mol. The fourth-order valence-corrected chi connectivity index (χ4v) is 0.858. The smallest absolute Gasteiger partial charge is 0.372 e. The number of hydrogen-bond acceptors (Lipinski definition) is 5. The van der Waals surface area contributed by atoms with Gasteiger partial charge in [-0.3, -0.25) is 9.68 Å². The lowest BCUT2D eigenvalue weighted by molar-refractivity contribution is -0.182. The summed E-state index contributed by atoms with van der Waals surface area (Å²) in [4.78, 5) is 23.4. The third-order valence-corrected chi connectivity index (χ3v) is 1.55. The van der Waals surface area contributed by atoms with Gasteiger partial charge in [0.1, 0.15) is 0 Å². The number of halogens is 1. The molecule has 88 valence electrons. The zero-order valence-electron chi connectivity index (χ0n) is 8.09. The van der Waals surface area contributed by atoms with Crippen LogP contribution < -0.4 is 5.73 Å². The Morgan fingerprint density at radius 1 is 1.44 bits per heavy atom.